The third-order valence-corrected chi connectivity index (χ3v) is 9.89. The van der Waals surface area contributed by atoms with Gasteiger partial charge in [-0.05, 0) is 37.1 Å². The van der Waals surface area contributed by atoms with Crippen molar-refractivity contribution in [2.75, 3.05) is 56.6 Å². The van der Waals surface area contributed by atoms with Crippen LogP contribution < -0.4 is 26.7 Å². The lowest BCUT2D eigenvalue weighted by Crippen LogP contribution is -2.46. The standard InChI is InChI=1S/C34H43N11O5S/c46-23-38-45-22-27-26(31(45)48)7-5-8-28(27)40-30(47)20-35-12-15-50-16-14-44-21-25(42-43-44)19-37-32(49)34(10-2-1-3-11-34)18-24-6-4-9-29(39-24)41-33-36-13-17-51-33/h4-9,13,17,23,25,35H,1-3,10-12,14-16,18-22H2,(H,37,49)(H,38,46)(H,40,47)(H,36,39,41). The molecule has 270 valence electrons. The molecule has 0 radical (unpaired) electrons. The summed E-state index contributed by atoms with van der Waals surface area (Å²) in [4.78, 5) is 58.4. The molecule has 0 bridgehead atoms. The van der Waals surface area contributed by atoms with E-state index in [1.807, 2.05) is 28.6 Å². The molecule has 1 atom stereocenters. The molecule has 1 unspecified atom stereocenters. The molecule has 1 saturated carbocycles. The number of nitrogens with zero attached hydrogens (tertiary/aromatic N) is 6. The molecule has 0 spiro atoms. The molecule has 51 heavy (non-hydrogen) atoms. The molecule has 4 amide bonds. The first-order valence-electron chi connectivity index (χ1n) is 17.2. The second-order valence-electron chi connectivity index (χ2n) is 12.8. The normalized spacial score (nSPS) is 17.6. The van der Waals surface area contributed by atoms with Gasteiger partial charge in [0.2, 0.25) is 18.2 Å². The Kier molecular flexibility index (Phi) is 12.1. The molecule has 1 fully saturated rings. The highest BCUT2D eigenvalue weighted by Crippen LogP contribution is 2.39. The lowest BCUT2D eigenvalue weighted by atomic mass is 9.70. The summed E-state index contributed by atoms with van der Waals surface area (Å²) in [6.07, 6.45) is 7.60. The molecule has 4 heterocycles. The SMILES string of the molecule is O=CNN1Cc2c(NC(=O)CNCCOCCN3CC(CNC(=O)C4(Cc5cccc(Nc6nccs6)n5)CCCCC4)N=N3)cccc2C1=O. The zero-order chi connectivity index (χ0) is 35.5. The Hall–Kier alpha value is -5.00. The zero-order valence-corrected chi connectivity index (χ0v) is 29.1. The number of carbonyl (C=O) groups excluding carboxylic acids is 4. The molecule has 2 aromatic heterocycles. The van der Waals surface area contributed by atoms with E-state index in [1.165, 1.54) is 16.3 Å². The van der Waals surface area contributed by atoms with E-state index in [2.05, 4.69) is 42.0 Å². The summed E-state index contributed by atoms with van der Waals surface area (Å²) in [6, 6.07) is 10.8. The maximum atomic E-state index is 13.7. The number of nitrogens with one attached hydrogen (secondary N) is 5. The largest absolute Gasteiger partial charge is 0.378 e. The van der Waals surface area contributed by atoms with Gasteiger partial charge in [0.25, 0.3) is 5.91 Å². The van der Waals surface area contributed by atoms with Crippen LogP contribution in [0.4, 0.5) is 16.6 Å². The lowest BCUT2D eigenvalue weighted by Gasteiger charge is -2.36. The summed E-state index contributed by atoms with van der Waals surface area (Å²) >= 11 is 1.51. The van der Waals surface area contributed by atoms with Crippen molar-refractivity contribution in [2.45, 2.75) is 51.1 Å². The van der Waals surface area contributed by atoms with Crippen molar-refractivity contribution in [3.05, 3.63) is 64.8 Å². The molecule has 1 aromatic carbocycles. The smallest absolute Gasteiger partial charge is 0.273 e. The number of benzene rings is 1. The first-order valence-corrected chi connectivity index (χ1v) is 18.1. The summed E-state index contributed by atoms with van der Waals surface area (Å²) in [7, 11) is 0. The van der Waals surface area contributed by atoms with Crippen LogP contribution in [0.3, 0.4) is 0 Å². The van der Waals surface area contributed by atoms with Gasteiger partial charge in [0, 0.05) is 53.6 Å². The topological polar surface area (TPSA) is 195 Å². The zero-order valence-electron chi connectivity index (χ0n) is 28.3. The van der Waals surface area contributed by atoms with E-state index in [0.29, 0.717) is 69.0 Å². The number of hydrogen-bond donors (Lipinski definition) is 5. The van der Waals surface area contributed by atoms with Crippen molar-refractivity contribution in [2.24, 2.45) is 15.8 Å². The Labute approximate surface area is 299 Å². The number of amides is 4. The van der Waals surface area contributed by atoms with Gasteiger partial charge in [0.15, 0.2) is 5.13 Å². The second-order valence-corrected chi connectivity index (χ2v) is 13.7. The maximum absolute atomic E-state index is 13.7. The third kappa shape index (κ3) is 9.42. The fourth-order valence-corrected chi connectivity index (χ4v) is 7.17. The van der Waals surface area contributed by atoms with Gasteiger partial charge in [-0.25, -0.2) is 15.0 Å². The fourth-order valence-electron chi connectivity index (χ4n) is 6.63. The molecule has 2 aliphatic heterocycles. The van der Waals surface area contributed by atoms with Crippen LogP contribution in [-0.2, 0) is 32.1 Å². The molecule has 3 aliphatic rings. The van der Waals surface area contributed by atoms with Crippen LogP contribution in [0, 0.1) is 5.41 Å². The molecule has 1 aliphatic carbocycles. The van der Waals surface area contributed by atoms with E-state index in [-0.39, 0.29) is 36.9 Å². The first kappa shape index (κ1) is 35.8. The Bertz CT molecular complexity index is 1700. The van der Waals surface area contributed by atoms with Crippen LogP contribution in [0.25, 0.3) is 0 Å². The minimum absolute atomic E-state index is 0.0572. The van der Waals surface area contributed by atoms with Crippen LogP contribution in [0.1, 0.15) is 53.7 Å². The first-order chi connectivity index (χ1) is 24.9. The average molecular weight is 718 g/mol. The average Bonchev–Trinajstić information content (AvgIpc) is 3.89. The van der Waals surface area contributed by atoms with Crippen molar-refractivity contribution in [3.8, 4) is 0 Å². The Morgan fingerprint density at radius 1 is 1.10 bits per heavy atom. The highest BCUT2D eigenvalue weighted by Gasteiger charge is 2.40. The number of pyridine rings is 1. The number of carbonyl (C=O) groups is 4. The Morgan fingerprint density at radius 3 is 2.78 bits per heavy atom. The predicted octanol–water partition coefficient (Wildman–Crippen LogP) is 2.80. The van der Waals surface area contributed by atoms with E-state index in [9.17, 15) is 19.2 Å². The van der Waals surface area contributed by atoms with Crippen LogP contribution in [0.2, 0.25) is 0 Å². The van der Waals surface area contributed by atoms with E-state index < -0.39 is 5.41 Å². The van der Waals surface area contributed by atoms with E-state index >= 15 is 0 Å². The summed E-state index contributed by atoms with van der Waals surface area (Å²) in [6.45, 7) is 3.13. The summed E-state index contributed by atoms with van der Waals surface area (Å²) in [5.41, 5.74) is 4.38. The molecule has 3 aromatic rings. The quantitative estimate of drug-likeness (QED) is 0.0965. The van der Waals surface area contributed by atoms with Crippen LogP contribution >= 0.6 is 11.3 Å². The number of anilines is 3. The van der Waals surface area contributed by atoms with E-state index in [0.717, 1.165) is 48.7 Å². The number of rotatable bonds is 18. The fraction of sp³-hybridized carbons (Fsp3) is 0.471. The summed E-state index contributed by atoms with van der Waals surface area (Å²) < 4.78 is 5.72. The van der Waals surface area contributed by atoms with Gasteiger partial charge < -0.3 is 26.0 Å². The minimum atomic E-state index is -0.498. The molecular formula is C34H43N11O5S. The lowest BCUT2D eigenvalue weighted by molar-refractivity contribution is -0.133. The Balaban J connectivity index is 0.861. The van der Waals surface area contributed by atoms with Gasteiger partial charge >= 0.3 is 0 Å². The van der Waals surface area contributed by atoms with Gasteiger partial charge in [-0.15, -0.1) is 11.3 Å². The van der Waals surface area contributed by atoms with E-state index in [1.54, 1.807) is 24.4 Å². The molecule has 5 N–H and O–H groups in total. The van der Waals surface area contributed by atoms with Crippen molar-refractivity contribution in [1.82, 2.24) is 36.0 Å². The van der Waals surface area contributed by atoms with Gasteiger partial charge in [-0.1, -0.05) is 36.6 Å². The number of hydrazine groups is 1. The molecule has 17 heteroatoms. The van der Waals surface area contributed by atoms with Gasteiger partial charge in [0.05, 0.1) is 44.8 Å². The van der Waals surface area contributed by atoms with Crippen molar-refractivity contribution >= 4 is 52.1 Å². The van der Waals surface area contributed by atoms with Gasteiger partial charge in [-0.2, -0.15) is 5.11 Å². The number of aromatic nitrogens is 2. The van der Waals surface area contributed by atoms with Gasteiger partial charge in [0.1, 0.15) is 11.9 Å². The summed E-state index contributed by atoms with van der Waals surface area (Å²) in [5, 5.41) is 26.7. The van der Waals surface area contributed by atoms with Crippen molar-refractivity contribution in [3.63, 3.8) is 0 Å². The van der Waals surface area contributed by atoms with Crippen molar-refractivity contribution in [1.29, 1.82) is 0 Å². The molecule has 16 nitrogen and oxygen atoms in total. The maximum Gasteiger partial charge on any atom is 0.273 e. The monoisotopic (exact) mass is 717 g/mol. The van der Waals surface area contributed by atoms with Gasteiger partial charge in [-0.3, -0.25) is 29.6 Å². The van der Waals surface area contributed by atoms with Crippen molar-refractivity contribution < 1.29 is 23.9 Å². The van der Waals surface area contributed by atoms with Crippen LogP contribution in [0.5, 0.6) is 0 Å². The number of fused-ring (bicyclic) bond motifs is 1. The highest BCUT2D eigenvalue weighted by molar-refractivity contribution is 7.13. The van der Waals surface area contributed by atoms with E-state index in [4.69, 9.17) is 9.72 Å². The minimum Gasteiger partial charge on any atom is -0.378 e. The van der Waals surface area contributed by atoms with Crippen LogP contribution in [-0.4, -0.2) is 96.1 Å². The Morgan fingerprint density at radius 2 is 1.96 bits per heavy atom. The molecule has 6 rings (SSSR count). The second kappa shape index (κ2) is 17.3. The molecular weight excluding hydrogens is 675 g/mol. The number of ether oxygens (including phenoxy) is 1. The summed E-state index contributed by atoms with van der Waals surface area (Å²) in [5.74, 6) is 0.200. The highest BCUT2D eigenvalue weighted by atomic mass is 32.1. The molecule has 0 saturated heterocycles. The number of thiazole rings is 1. The number of hydrogen-bond acceptors (Lipinski definition) is 13. The van der Waals surface area contributed by atoms with Crippen LogP contribution in [0.15, 0.2) is 58.3 Å². The third-order valence-electron chi connectivity index (χ3n) is 9.20. The predicted molar refractivity (Wildman–Crippen MR) is 190 cm³/mol.